The lowest BCUT2D eigenvalue weighted by Gasteiger charge is -2.18. The molecule has 6 heteroatoms. The van der Waals surface area contributed by atoms with E-state index in [0.717, 1.165) is 16.1 Å². The van der Waals surface area contributed by atoms with Crippen LogP contribution in [0.25, 0.3) is 0 Å². The van der Waals surface area contributed by atoms with E-state index < -0.39 is 0 Å². The average molecular weight is 433 g/mol. The van der Waals surface area contributed by atoms with Crippen molar-refractivity contribution in [1.82, 2.24) is 0 Å². The van der Waals surface area contributed by atoms with Crippen molar-refractivity contribution < 1.29 is 9.59 Å². The second kappa shape index (κ2) is 10.2. The molecule has 4 nitrogen and oxygen atoms in total. The van der Waals surface area contributed by atoms with E-state index in [-0.39, 0.29) is 22.5 Å². The van der Waals surface area contributed by atoms with E-state index in [9.17, 15) is 9.59 Å². The third-order valence-electron chi connectivity index (χ3n) is 4.19. The van der Waals surface area contributed by atoms with Gasteiger partial charge in [0.1, 0.15) is 0 Å². The minimum atomic E-state index is -0.254. The standard InChI is InChI=1S/C23H29ClN2O2S/c1-6-20(22(28)26-17-11-10-15(2)19(24)13-17)29-18-9-7-8-16(12-18)25-21(27)14-23(3,4)5/h7-13,20H,6,14H2,1-5H3,(H,25,27)(H,26,28). The minimum absolute atomic E-state index is 0.0133. The smallest absolute Gasteiger partial charge is 0.237 e. The number of aryl methyl sites for hydroxylation is 1. The molecule has 1 unspecified atom stereocenters. The summed E-state index contributed by atoms with van der Waals surface area (Å²) in [4.78, 5) is 25.8. The van der Waals surface area contributed by atoms with Gasteiger partial charge in [0.25, 0.3) is 0 Å². The molecule has 29 heavy (non-hydrogen) atoms. The molecule has 2 aromatic rings. The molecule has 0 saturated heterocycles. The van der Waals surface area contributed by atoms with Crippen molar-refractivity contribution in [3.05, 3.63) is 53.1 Å². The highest BCUT2D eigenvalue weighted by molar-refractivity contribution is 8.00. The first-order valence-corrected chi connectivity index (χ1v) is 11.0. The van der Waals surface area contributed by atoms with Gasteiger partial charge in [-0.1, -0.05) is 51.4 Å². The molecule has 1 atom stereocenters. The van der Waals surface area contributed by atoms with Crippen LogP contribution in [0.2, 0.25) is 5.02 Å². The van der Waals surface area contributed by atoms with E-state index in [4.69, 9.17) is 11.6 Å². The van der Waals surface area contributed by atoms with Crippen molar-refractivity contribution in [2.24, 2.45) is 5.41 Å². The Hall–Kier alpha value is -1.98. The van der Waals surface area contributed by atoms with Gasteiger partial charge in [0.2, 0.25) is 11.8 Å². The predicted molar refractivity (Wildman–Crippen MR) is 124 cm³/mol. The Bertz CT molecular complexity index is 877. The first-order valence-electron chi connectivity index (χ1n) is 9.71. The number of anilines is 2. The van der Waals surface area contributed by atoms with Crippen LogP contribution in [0.4, 0.5) is 11.4 Å². The zero-order chi connectivity index (χ0) is 21.6. The van der Waals surface area contributed by atoms with Gasteiger partial charge in [0.15, 0.2) is 0 Å². The molecule has 0 aliphatic heterocycles. The van der Waals surface area contributed by atoms with Crippen LogP contribution in [0.3, 0.4) is 0 Å². The van der Waals surface area contributed by atoms with Crippen molar-refractivity contribution >= 4 is 46.6 Å². The van der Waals surface area contributed by atoms with E-state index in [1.165, 1.54) is 11.8 Å². The van der Waals surface area contributed by atoms with Gasteiger partial charge in [-0.05, 0) is 54.7 Å². The molecule has 0 saturated carbocycles. The van der Waals surface area contributed by atoms with E-state index in [0.29, 0.717) is 23.6 Å². The number of carbonyl (C=O) groups excluding carboxylic acids is 2. The summed E-state index contributed by atoms with van der Waals surface area (Å²) >= 11 is 7.63. The predicted octanol–water partition coefficient (Wildman–Crippen LogP) is 6.53. The third kappa shape index (κ3) is 7.75. The maximum atomic E-state index is 12.7. The van der Waals surface area contributed by atoms with Crippen LogP contribution in [-0.2, 0) is 9.59 Å². The Labute approximate surface area is 182 Å². The number of hydrogen-bond acceptors (Lipinski definition) is 3. The number of amides is 2. The number of nitrogens with one attached hydrogen (secondary N) is 2. The Morgan fingerprint density at radius 3 is 2.38 bits per heavy atom. The highest BCUT2D eigenvalue weighted by atomic mass is 35.5. The summed E-state index contributed by atoms with van der Waals surface area (Å²) in [5, 5.41) is 6.26. The maximum absolute atomic E-state index is 12.7. The molecule has 0 spiro atoms. The van der Waals surface area contributed by atoms with Crippen LogP contribution in [0, 0.1) is 12.3 Å². The highest BCUT2D eigenvalue weighted by Gasteiger charge is 2.19. The summed E-state index contributed by atoms with van der Waals surface area (Å²) in [5.41, 5.74) is 2.33. The van der Waals surface area contributed by atoms with Crippen LogP contribution in [-0.4, -0.2) is 17.1 Å². The third-order valence-corrected chi connectivity index (χ3v) is 5.95. The fourth-order valence-corrected chi connectivity index (χ4v) is 3.91. The van der Waals surface area contributed by atoms with Crippen molar-refractivity contribution in [2.75, 3.05) is 10.6 Å². The Morgan fingerprint density at radius 1 is 1.07 bits per heavy atom. The Morgan fingerprint density at radius 2 is 1.76 bits per heavy atom. The van der Waals surface area contributed by atoms with Gasteiger partial charge < -0.3 is 10.6 Å². The van der Waals surface area contributed by atoms with Crippen LogP contribution < -0.4 is 10.6 Å². The Balaban J connectivity index is 2.03. The lowest BCUT2D eigenvalue weighted by atomic mass is 9.92. The van der Waals surface area contributed by atoms with Crippen molar-refractivity contribution in [3.8, 4) is 0 Å². The summed E-state index contributed by atoms with van der Waals surface area (Å²) in [7, 11) is 0. The normalized spacial score (nSPS) is 12.3. The Kier molecular flexibility index (Phi) is 8.17. The SMILES string of the molecule is CCC(Sc1cccc(NC(=O)CC(C)(C)C)c1)C(=O)Nc1ccc(C)c(Cl)c1. The lowest BCUT2D eigenvalue weighted by molar-refractivity contribution is -0.118. The molecule has 0 fully saturated rings. The number of hydrogen-bond donors (Lipinski definition) is 2. The molecule has 2 amide bonds. The van der Waals surface area contributed by atoms with Crippen molar-refractivity contribution in [2.45, 2.75) is 57.6 Å². The number of thioether (sulfide) groups is 1. The molecule has 2 N–H and O–H groups in total. The molecule has 0 aliphatic carbocycles. The molecule has 0 bridgehead atoms. The first-order chi connectivity index (χ1) is 13.6. The largest absolute Gasteiger partial charge is 0.326 e. The van der Waals surface area contributed by atoms with E-state index in [1.807, 2.05) is 71.0 Å². The van der Waals surface area contributed by atoms with Gasteiger partial charge >= 0.3 is 0 Å². The van der Waals surface area contributed by atoms with Gasteiger partial charge in [0.05, 0.1) is 5.25 Å². The second-order valence-electron chi connectivity index (χ2n) is 8.28. The van der Waals surface area contributed by atoms with Crippen LogP contribution >= 0.6 is 23.4 Å². The van der Waals surface area contributed by atoms with Gasteiger partial charge in [-0.3, -0.25) is 9.59 Å². The molecule has 2 aromatic carbocycles. The summed E-state index contributed by atoms with van der Waals surface area (Å²) in [6, 6.07) is 13.1. The fourth-order valence-electron chi connectivity index (χ4n) is 2.71. The van der Waals surface area contributed by atoms with E-state index in [1.54, 1.807) is 6.07 Å². The number of halogens is 1. The molecule has 156 valence electrons. The zero-order valence-electron chi connectivity index (χ0n) is 17.6. The summed E-state index contributed by atoms with van der Waals surface area (Å²) in [5.74, 6) is -0.0831. The molecule has 0 heterocycles. The van der Waals surface area contributed by atoms with Gasteiger partial charge in [-0.25, -0.2) is 0 Å². The number of benzene rings is 2. The van der Waals surface area contributed by atoms with Crippen LogP contribution in [0.5, 0.6) is 0 Å². The highest BCUT2D eigenvalue weighted by Crippen LogP contribution is 2.29. The number of rotatable bonds is 7. The zero-order valence-corrected chi connectivity index (χ0v) is 19.2. The maximum Gasteiger partial charge on any atom is 0.237 e. The molecular formula is C23H29ClN2O2S. The van der Waals surface area contributed by atoms with Gasteiger partial charge in [-0.15, -0.1) is 11.8 Å². The average Bonchev–Trinajstić information content (AvgIpc) is 2.61. The monoisotopic (exact) mass is 432 g/mol. The quantitative estimate of drug-likeness (QED) is 0.489. The summed E-state index contributed by atoms with van der Waals surface area (Å²) in [6.45, 7) is 10.00. The first kappa shape index (κ1) is 23.3. The summed E-state index contributed by atoms with van der Waals surface area (Å²) in [6.07, 6.45) is 1.13. The molecule has 0 aliphatic rings. The van der Waals surface area contributed by atoms with E-state index in [2.05, 4.69) is 10.6 Å². The number of carbonyl (C=O) groups is 2. The fraction of sp³-hybridized carbons (Fsp3) is 0.391. The minimum Gasteiger partial charge on any atom is -0.326 e. The van der Waals surface area contributed by atoms with Crippen molar-refractivity contribution in [3.63, 3.8) is 0 Å². The molecule has 0 radical (unpaired) electrons. The summed E-state index contributed by atoms with van der Waals surface area (Å²) < 4.78 is 0. The van der Waals surface area contributed by atoms with E-state index >= 15 is 0 Å². The van der Waals surface area contributed by atoms with Crippen LogP contribution in [0.1, 0.15) is 46.1 Å². The van der Waals surface area contributed by atoms with Gasteiger partial charge in [-0.2, -0.15) is 0 Å². The lowest BCUT2D eigenvalue weighted by Crippen LogP contribution is -2.24. The van der Waals surface area contributed by atoms with Crippen molar-refractivity contribution in [1.29, 1.82) is 0 Å². The topological polar surface area (TPSA) is 58.2 Å². The second-order valence-corrected chi connectivity index (χ2v) is 9.96. The van der Waals surface area contributed by atoms with Crippen LogP contribution in [0.15, 0.2) is 47.4 Å². The van der Waals surface area contributed by atoms with Gasteiger partial charge in [0, 0.05) is 27.7 Å². The molecular weight excluding hydrogens is 404 g/mol. The molecule has 0 aromatic heterocycles. The molecule has 2 rings (SSSR count).